The maximum absolute atomic E-state index is 13.7. The van der Waals surface area contributed by atoms with E-state index >= 15 is 0 Å². The van der Waals surface area contributed by atoms with Gasteiger partial charge in [0.1, 0.15) is 5.82 Å². The number of halogens is 3. The number of rotatable bonds is 3. The van der Waals surface area contributed by atoms with E-state index in [1.54, 1.807) is 18.5 Å². The minimum Gasteiger partial charge on any atom is -0.263 e. The highest BCUT2D eigenvalue weighted by Crippen LogP contribution is 2.31. The van der Waals surface area contributed by atoms with E-state index in [1.807, 2.05) is 19.1 Å². The zero-order valence-electron chi connectivity index (χ0n) is 9.83. The third kappa shape index (κ3) is 3.09. The average molecular weight is 329 g/mol. The minimum absolute atomic E-state index is 0.0997. The van der Waals surface area contributed by atoms with Gasteiger partial charge in [0, 0.05) is 22.8 Å². The molecule has 1 heterocycles. The van der Waals surface area contributed by atoms with Gasteiger partial charge in [-0.15, -0.1) is 0 Å². The quantitative estimate of drug-likeness (QED) is 0.733. The van der Waals surface area contributed by atoms with Gasteiger partial charge >= 0.3 is 0 Å². The van der Waals surface area contributed by atoms with Crippen molar-refractivity contribution in [2.75, 3.05) is 0 Å². The maximum Gasteiger partial charge on any atom is 0.127 e. The molecule has 2 aromatic rings. The molecule has 0 fully saturated rings. The minimum atomic E-state index is -0.201. The van der Waals surface area contributed by atoms with E-state index in [2.05, 4.69) is 20.9 Å². The van der Waals surface area contributed by atoms with Crippen LogP contribution in [-0.4, -0.2) is 4.98 Å². The molecule has 0 aliphatic rings. The zero-order valence-corrected chi connectivity index (χ0v) is 12.2. The molecule has 1 aromatic heterocycles. The molecule has 0 N–H and O–H groups in total. The summed E-state index contributed by atoms with van der Waals surface area (Å²) >= 11 is 9.57. The molecule has 18 heavy (non-hydrogen) atoms. The number of benzene rings is 1. The highest BCUT2D eigenvalue weighted by atomic mass is 79.9. The van der Waals surface area contributed by atoms with Gasteiger partial charge in [-0.2, -0.15) is 0 Å². The predicted octanol–water partition coefficient (Wildman–Crippen LogP) is 4.86. The molecule has 0 aliphatic heterocycles. The second-order valence-electron chi connectivity index (χ2n) is 4.16. The topological polar surface area (TPSA) is 12.9 Å². The van der Waals surface area contributed by atoms with Gasteiger partial charge in [0.25, 0.3) is 0 Å². The van der Waals surface area contributed by atoms with Gasteiger partial charge in [-0.1, -0.05) is 45.2 Å². The van der Waals surface area contributed by atoms with Crippen LogP contribution in [0.25, 0.3) is 0 Å². The van der Waals surface area contributed by atoms with Crippen LogP contribution in [0.2, 0.25) is 5.02 Å². The van der Waals surface area contributed by atoms with Crippen molar-refractivity contribution in [2.24, 2.45) is 0 Å². The molecule has 0 saturated heterocycles. The van der Waals surface area contributed by atoms with E-state index in [0.717, 1.165) is 11.1 Å². The summed E-state index contributed by atoms with van der Waals surface area (Å²) in [5, 5.41) is 0.606. The molecule has 1 aromatic carbocycles. The molecular weight excluding hydrogens is 317 g/mol. The number of hydrogen-bond donors (Lipinski definition) is 0. The van der Waals surface area contributed by atoms with Crippen LogP contribution in [-0.2, 0) is 6.42 Å². The lowest BCUT2D eigenvalue weighted by molar-refractivity contribution is 0.607. The molecule has 0 radical (unpaired) electrons. The Morgan fingerprint density at radius 3 is 2.89 bits per heavy atom. The molecule has 0 saturated carbocycles. The predicted molar refractivity (Wildman–Crippen MR) is 75.8 cm³/mol. The van der Waals surface area contributed by atoms with Crippen LogP contribution in [0.4, 0.5) is 4.39 Å². The van der Waals surface area contributed by atoms with Gasteiger partial charge in [-0.05, 0) is 31.0 Å². The van der Waals surface area contributed by atoms with Gasteiger partial charge in [-0.25, -0.2) is 4.39 Å². The third-order valence-electron chi connectivity index (χ3n) is 2.74. The van der Waals surface area contributed by atoms with Crippen molar-refractivity contribution in [3.63, 3.8) is 0 Å². The molecule has 0 aliphatic carbocycles. The van der Waals surface area contributed by atoms with Crippen molar-refractivity contribution in [2.45, 2.75) is 18.2 Å². The van der Waals surface area contributed by atoms with E-state index < -0.39 is 0 Å². The highest BCUT2D eigenvalue weighted by molar-refractivity contribution is 9.09. The zero-order chi connectivity index (χ0) is 13.1. The Morgan fingerprint density at radius 2 is 2.17 bits per heavy atom. The molecule has 0 amide bonds. The fourth-order valence-corrected chi connectivity index (χ4v) is 2.67. The van der Waals surface area contributed by atoms with Gasteiger partial charge in [0.15, 0.2) is 0 Å². The number of hydrogen-bond acceptors (Lipinski definition) is 1. The molecule has 4 heteroatoms. The van der Waals surface area contributed by atoms with E-state index in [0.29, 0.717) is 17.0 Å². The summed E-state index contributed by atoms with van der Waals surface area (Å²) in [6.07, 6.45) is 3.92. The summed E-state index contributed by atoms with van der Waals surface area (Å²) in [6, 6.07) is 6.96. The molecule has 0 bridgehead atoms. The van der Waals surface area contributed by atoms with Crippen LogP contribution in [0, 0.1) is 12.7 Å². The Bertz CT molecular complexity index is 559. The average Bonchev–Trinajstić information content (AvgIpc) is 2.35. The number of alkyl halides is 1. The largest absolute Gasteiger partial charge is 0.263 e. The lowest BCUT2D eigenvalue weighted by atomic mass is 10.0. The van der Waals surface area contributed by atoms with Crippen LogP contribution in [0.5, 0.6) is 0 Å². The monoisotopic (exact) mass is 327 g/mol. The van der Waals surface area contributed by atoms with Gasteiger partial charge in [-0.3, -0.25) is 4.98 Å². The molecular formula is C14H12BrClFN. The Hall–Kier alpha value is -0.930. The summed E-state index contributed by atoms with van der Waals surface area (Å²) in [4.78, 5) is 3.84. The summed E-state index contributed by atoms with van der Waals surface area (Å²) in [6.45, 7) is 1.95. The molecule has 1 atom stereocenters. The van der Waals surface area contributed by atoms with Gasteiger partial charge < -0.3 is 0 Å². The summed E-state index contributed by atoms with van der Waals surface area (Å²) in [5.74, 6) is -0.201. The normalized spacial score (nSPS) is 12.4. The number of nitrogens with zero attached hydrogens (tertiary/aromatic N) is 1. The van der Waals surface area contributed by atoms with Crippen LogP contribution < -0.4 is 0 Å². The lowest BCUT2D eigenvalue weighted by Crippen LogP contribution is -2.00. The molecule has 1 nitrogen and oxygen atoms in total. The first kappa shape index (κ1) is 13.5. The van der Waals surface area contributed by atoms with Crippen LogP contribution in [0.1, 0.15) is 21.5 Å². The fourth-order valence-electron chi connectivity index (χ4n) is 1.78. The maximum atomic E-state index is 13.7. The van der Waals surface area contributed by atoms with Crippen LogP contribution in [0.3, 0.4) is 0 Å². The van der Waals surface area contributed by atoms with Crippen molar-refractivity contribution >= 4 is 27.5 Å². The van der Waals surface area contributed by atoms with Gasteiger partial charge in [0.05, 0.1) is 5.02 Å². The number of aromatic nitrogens is 1. The van der Waals surface area contributed by atoms with Crippen LogP contribution in [0.15, 0.2) is 36.7 Å². The molecule has 2 rings (SSSR count). The molecule has 94 valence electrons. The first-order chi connectivity index (χ1) is 8.58. The Balaban J connectivity index is 2.25. The Kier molecular flexibility index (Phi) is 4.36. The summed E-state index contributed by atoms with van der Waals surface area (Å²) in [5.41, 5.74) is 2.65. The Morgan fingerprint density at radius 1 is 1.39 bits per heavy atom. The van der Waals surface area contributed by atoms with Crippen molar-refractivity contribution in [3.05, 3.63) is 64.2 Å². The first-order valence-corrected chi connectivity index (χ1v) is 6.86. The standard InChI is InChI=1S/C14H12BrClFN/c1-9-2-3-14(17)11(6-9)12(15)7-10-4-5-18-8-13(10)16/h2-6,8,12H,7H2,1H3. The SMILES string of the molecule is Cc1ccc(F)c(C(Br)Cc2ccncc2Cl)c1. The van der Waals surface area contributed by atoms with E-state index in [4.69, 9.17) is 11.6 Å². The van der Waals surface area contributed by atoms with Crippen molar-refractivity contribution < 1.29 is 4.39 Å². The second-order valence-corrected chi connectivity index (χ2v) is 5.68. The van der Waals surface area contributed by atoms with Crippen LogP contribution >= 0.6 is 27.5 Å². The van der Waals surface area contributed by atoms with E-state index in [-0.39, 0.29) is 10.6 Å². The summed E-state index contributed by atoms with van der Waals surface area (Å²) < 4.78 is 13.7. The second kappa shape index (κ2) is 5.81. The molecule has 1 unspecified atom stereocenters. The van der Waals surface area contributed by atoms with E-state index in [9.17, 15) is 4.39 Å². The summed E-state index contributed by atoms with van der Waals surface area (Å²) in [7, 11) is 0. The molecule has 0 spiro atoms. The number of pyridine rings is 1. The third-order valence-corrected chi connectivity index (χ3v) is 3.90. The highest BCUT2D eigenvalue weighted by Gasteiger charge is 2.14. The Labute approximate surface area is 119 Å². The van der Waals surface area contributed by atoms with Crippen molar-refractivity contribution in [1.82, 2.24) is 4.98 Å². The van der Waals surface area contributed by atoms with Crippen molar-refractivity contribution in [3.8, 4) is 0 Å². The van der Waals surface area contributed by atoms with Gasteiger partial charge in [0.2, 0.25) is 0 Å². The number of aryl methyl sites for hydroxylation is 1. The first-order valence-electron chi connectivity index (χ1n) is 5.56. The smallest absolute Gasteiger partial charge is 0.127 e. The fraction of sp³-hybridized carbons (Fsp3) is 0.214. The van der Waals surface area contributed by atoms with Crippen molar-refractivity contribution in [1.29, 1.82) is 0 Å². The lowest BCUT2D eigenvalue weighted by Gasteiger charge is -2.13. The van der Waals surface area contributed by atoms with E-state index in [1.165, 1.54) is 6.07 Å².